The van der Waals surface area contributed by atoms with E-state index in [1.54, 1.807) is 0 Å². The summed E-state index contributed by atoms with van der Waals surface area (Å²) in [6, 6.07) is 6.19. The third kappa shape index (κ3) is 2.84. The molecular weight excluding hydrogens is 246 g/mol. The van der Waals surface area contributed by atoms with Crippen LogP contribution in [0.4, 0.5) is 0 Å². The lowest BCUT2D eigenvalue weighted by Gasteiger charge is -2.02. The minimum absolute atomic E-state index is 0.700. The Morgan fingerprint density at radius 2 is 2.11 bits per heavy atom. The fourth-order valence-corrected chi connectivity index (χ4v) is 2.26. The van der Waals surface area contributed by atoms with Crippen LogP contribution in [0.1, 0.15) is 16.1 Å². The fourth-order valence-electron chi connectivity index (χ4n) is 1.54. The Hall–Kier alpha value is -1.94. The zero-order valence-electron chi connectivity index (χ0n) is 10.2. The van der Waals surface area contributed by atoms with Gasteiger partial charge in [0.2, 0.25) is 0 Å². The highest BCUT2D eigenvalue weighted by Crippen LogP contribution is 2.24. The van der Waals surface area contributed by atoms with Crippen LogP contribution in [0.15, 0.2) is 29.7 Å². The van der Waals surface area contributed by atoms with Gasteiger partial charge < -0.3 is 5.11 Å². The molecule has 0 saturated heterocycles. The van der Waals surface area contributed by atoms with Gasteiger partial charge in [0.05, 0.1) is 5.69 Å². The number of aryl methyl sites for hydroxylation is 2. The standard InChI is InChI=1S/C14H13NO2S/c1-9-3-4-11(7-10(9)2)12-8-18-13(15-12)5-6-14(16)17/h3-8H,1-2H3,(H,16,17)/b6-5+. The molecule has 3 nitrogen and oxygen atoms in total. The number of hydrogen-bond acceptors (Lipinski definition) is 3. The van der Waals surface area contributed by atoms with E-state index in [2.05, 4.69) is 31.0 Å². The van der Waals surface area contributed by atoms with E-state index >= 15 is 0 Å². The normalized spacial score (nSPS) is 11.0. The van der Waals surface area contributed by atoms with Crippen molar-refractivity contribution in [3.05, 3.63) is 45.8 Å². The molecule has 0 bridgehead atoms. The average Bonchev–Trinajstić information content (AvgIpc) is 2.79. The van der Waals surface area contributed by atoms with Crippen LogP contribution in [0.2, 0.25) is 0 Å². The maximum atomic E-state index is 10.4. The lowest BCUT2D eigenvalue weighted by molar-refractivity contribution is -0.131. The third-order valence-electron chi connectivity index (χ3n) is 2.69. The van der Waals surface area contributed by atoms with E-state index < -0.39 is 5.97 Å². The second-order valence-electron chi connectivity index (χ2n) is 4.04. The predicted molar refractivity (Wildman–Crippen MR) is 73.7 cm³/mol. The molecule has 0 spiro atoms. The summed E-state index contributed by atoms with van der Waals surface area (Å²) in [6.07, 6.45) is 2.61. The van der Waals surface area contributed by atoms with Gasteiger partial charge in [-0.25, -0.2) is 9.78 Å². The topological polar surface area (TPSA) is 50.2 Å². The largest absolute Gasteiger partial charge is 0.478 e. The second-order valence-corrected chi connectivity index (χ2v) is 4.93. The summed E-state index contributed by atoms with van der Waals surface area (Å²) in [4.78, 5) is 14.8. The molecule has 0 fully saturated rings. The first-order chi connectivity index (χ1) is 8.56. The summed E-state index contributed by atoms with van der Waals surface area (Å²) in [7, 11) is 0. The first-order valence-electron chi connectivity index (χ1n) is 5.50. The molecule has 4 heteroatoms. The van der Waals surface area contributed by atoms with E-state index in [9.17, 15) is 4.79 Å². The number of thiazole rings is 1. The van der Waals surface area contributed by atoms with Gasteiger partial charge >= 0.3 is 5.97 Å². The molecule has 92 valence electrons. The Morgan fingerprint density at radius 1 is 1.33 bits per heavy atom. The van der Waals surface area contributed by atoms with E-state index in [1.807, 2.05) is 11.4 Å². The minimum atomic E-state index is -0.960. The highest BCUT2D eigenvalue weighted by Gasteiger charge is 2.04. The number of benzene rings is 1. The summed E-state index contributed by atoms with van der Waals surface area (Å²) < 4.78 is 0. The number of aliphatic carboxylic acids is 1. The van der Waals surface area contributed by atoms with Crippen LogP contribution in [0.5, 0.6) is 0 Å². The molecule has 2 rings (SSSR count). The molecule has 1 aromatic heterocycles. The van der Waals surface area contributed by atoms with Crippen molar-refractivity contribution in [2.45, 2.75) is 13.8 Å². The summed E-state index contributed by atoms with van der Waals surface area (Å²) in [5.41, 5.74) is 4.42. The molecule has 0 amide bonds. The summed E-state index contributed by atoms with van der Waals surface area (Å²) in [6.45, 7) is 4.14. The molecule has 0 saturated carbocycles. The average molecular weight is 259 g/mol. The zero-order valence-corrected chi connectivity index (χ0v) is 11.0. The van der Waals surface area contributed by atoms with Gasteiger partial charge in [-0.2, -0.15) is 0 Å². The van der Waals surface area contributed by atoms with E-state index in [4.69, 9.17) is 5.11 Å². The number of aromatic nitrogens is 1. The van der Waals surface area contributed by atoms with Crippen molar-refractivity contribution in [1.82, 2.24) is 4.98 Å². The number of carbonyl (C=O) groups is 1. The molecule has 1 heterocycles. The van der Waals surface area contributed by atoms with Crippen LogP contribution in [-0.2, 0) is 4.79 Å². The van der Waals surface area contributed by atoms with Crippen molar-refractivity contribution in [3.63, 3.8) is 0 Å². The fraction of sp³-hybridized carbons (Fsp3) is 0.143. The first-order valence-corrected chi connectivity index (χ1v) is 6.38. The number of carboxylic acids is 1. The van der Waals surface area contributed by atoms with Gasteiger partial charge in [0.1, 0.15) is 5.01 Å². The number of hydrogen-bond donors (Lipinski definition) is 1. The Labute approximate surface area is 109 Å². The lowest BCUT2D eigenvalue weighted by Crippen LogP contribution is -1.86. The Kier molecular flexibility index (Phi) is 3.58. The highest BCUT2D eigenvalue weighted by molar-refractivity contribution is 7.10. The van der Waals surface area contributed by atoms with Gasteiger partial charge in [-0.1, -0.05) is 12.1 Å². The smallest absolute Gasteiger partial charge is 0.328 e. The first kappa shape index (κ1) is 12.5. The number of rotatable bonds is 3. The Morgan fingerprint density at radius 3 is 2.78 bits per heavy atom. The highest BCUT2D eigenvalue weighted by atomic mass is 32.1. The van der Waals surface area contributed by atoms with Crippen LogP contribution in [0, 0.1) is 13.8 Å². The predicted octanol–water partition coefficient (Wildman–Crippen LogP) is 3.52. The molecule has 0 aliphatic heterocycles. The van der Waals surface area contributed by atoms with Crippen LogP contribution >= 0.6 is 11.3 Å². The number of carboxylic acid groups (broad SMARTS) is 1. The van der Waals surface area contributed by atoms with E-state index in [0.29, 0.717) is 5.01 Å². The molecular formula is C14H13NO2S. The van der Waals surface area contributed by atoms with Gasteiger partial charge in [-0.3, -0.25) is 0 Å². The molecule has 0 unspecified atom stereocenters. The molecule has 2 aromatic rings. The van der Waals surface area contributed by atoms with Crippen LogP contribution in [-0.4, -0.2) is 16.1 Å². The van der Waals surface area contributed by atoms with Gasteiger partial charge in [0.25, 0.3) is 0 Å². The molecule has 18 heavy (non-hydrogen) atoms. The minimum Gasteiger partial charge on any atom is -0.478 e. The summed E-state index contributed by atoms with van der Waals surface area (Å²) >= 11 is 1.44. The Balaban J connectivity index is 2.29. The lowest BCUT2D eigenvalue weighted by atomic mass is 10.1. The maximum absolute atomic E-state index is 10.4. The monoisotopic (exact) mass is 259 g/mol. The van der Waals surface area contributed by atoms with Crippen molar-refractivity contribution in [1.29, 1.82) is 0 Å². The van der Waals surface area contributed by atoms with Gasteiger partial charge in [-0.05, 0) is 37.1 Å². The van der Waals surface area contributed by atoms with Crippen LogP contribution < -0.4 is 0 Å². The Bertz CT molecular complexity index is 614. The van der Waals surface area contributed by atoms with Crippen molar-refractivity contribution in [2.24, 2.45) is 0 Å². The molecule has 1 N–H and O–H groups in total. The molecule has 0 radical (unpaired) electrons. The van der Waals surface area contributed by atoms with Crippen molar-refractivity contribution >= 4 is 23.4 Å². The summed E-state index contributed by atoms with van der Waals surface area (Å²) in [5.74, 6) is -0.960. The van der Waals surface area contributed by atoms with E-state index in [1.165, 1.54) is 28.5 Å². The number of nitrogens with zero attached hydrogens (tertiary/aromatic N) is 1. The third-order valence-corrected chi connectivity index (χ3v) is 3.50. The van der Waals surface area contributed by atoms with Crippen LogP contribution in [0.3, 0.4) is 0 Å². The molecule has 0 atom stereocenters. The van der Waals surface area contributed by atoms with Gasteiger partial charge in [0.15, 0.2) is 0 Å². The van der Waals surface area contributed by atoms with Crippen molar-refractivity contribution < 1.29 is 9.90 Å². The summed E-state index contributed by atoms with van der Waals surface area (Å²) in [5, 5.41) is 11.2. The van der Waals surface area contributed by atoms with Crippen LogP contribution in [0.25, 0.3) is 17.3 Å². The quantitative estimate of drug-likeness (QED) is 0.858. The van der Waals surface area contributed by atoms with E-state index in [-0.39, 0.29) is 0 Å². The van der Waals surface area contributed by atoms with Gasteiger partial charge in [-0.15, -0.1) is 11.3 Å². The molecule has 0 aliphatic carbocycles. The van der Waals surface area contributed by atoms with E-state index in [0.717, 1.165) is 17.3 Å². The second kappa shape index (κ2) is 5.14. The van der Waals surface area contributed by atoms with Crippen molar-refractivity contribution in [2.75, 3.05) is 0 Å². The molecule has 1 aromatic carbocycles. The SMILES string of the molecule is Cc1ccc(-c2csc(/C=C/C(=O)O)n2)cc1C. The molecule has 0 aliphatic rings. The van der Waals surface area contributed by atoms with Crippen molar-refractivity contribution in [3.8, 4) is 11.3 Å². The zero-order chi connectivity index (χ0) is 13.1. The maximum Gasteiger partial charge on any atom is 0.328 e. The van der Waals surface area contributed by atoms with Gasteiger partial charge in [0, 0.05) is 17.0 Å².